The normalized spacial score (nSPS) is 13.1. The minimum absolute atomic E-state index is 0.0241. The summed E-state index contributed by atoms with van der Waals surface area (Å²) in [7, 11) is 1.68. The SMILES string of the molecule is CCNC(=O)c1cccc(CN[C@H](C)[C@@H](C)c2ccc(OC)cc2)c1. The van der Waals surface area contributed by atoms with Gasteiger partial charge in [-0.05, 0) is 55.2 Å². The molecule has 0 saturated carbocycles. The third-order valence-electron chi connectivity index (χ3n) is 4.55. The fourth-order valence-corrected chi connectivity index (χ4v) is 2.74. The molecule has 0 bridgehead atoms. The smallest absolute Gasteiger partial charge is 0.251 e. The van der Waals surface area contributed by atoms with E-state index < -0.39 is 0 Å². The molecule has 0 aromatic heterocycles. The van der Waals surface area contributed by atoms with Gasteiger partial charge in [-0.3, -0.25) is 4.79 Å². The van der Waals surface area contributed by atoms with Crippen LogP contribution in [-0.2, 0) is 6.54 Å². The lowest BCUT2D eigenvalue weighted by Gasteiger charge is -2.22. The van der Waals surface area contributed by atoms with E-state index in [-0.39, 0.29) is 5.91 Å². The van der Waals surface area contributed by atoms with Crippen molar-refractivity contribution in [2.45, 2.75) is 39.3 Å². The van der Waals surface area contributed by atoms with Crippen molar-refractivity contribution in [3.63, 3.8) is 0 Å². The fourth-order valence-electron chi connectivity index (χ4n) is 2.74. The third kappa shape index (κ3) is 5.33. The molecule has 0 saturated heterocycles. The quantitative estimate of drug-likeness (QED) is 0.770. The first-order valence-corrected chi connectivity index (χ1v) is 8.79. The van der Waals surface area contributed by atoms with Crippen molar-refractivity contribution in [3.8, 4) is 5.75 Å². The number of rotatable bonds is 8. The molecule has 2 atom stereocenters. The maximum Gasteiger partial charge on any atom is 0.251 e. The van der Waals surface area contributed by atoms with Gasteiger partial charge in [0.2, 0.25) is 0 Å². The van der Waals surface area contributed by atoms with Crippen LogP contribution in [0.4, 0.5) is 0 Å². The first-order valence-electron chi connectivity index (χ1n) is 8.79. The van der Waals surface area contributed by atoms with Crippen molar-refractivity contribution in [1.29, 1.82) is 0 Å². The van der Waals surface area contributed by atoms with E-state index in [9.17, 15) is 4.79 Å². The molecule has 2 aromatic carbocycles. The van der Waals surface area contributed by atoms with Gasteiger partial charge in [0.25, 0.3) is 5.91 Å². The van der Waals surface area contributed by atoms with Gasteiger partial charge in [-0.25, -0.2) is 0 Å². The highest BCUT2D eigenvalue weighted by molar-refractivity contribution is 5.94. The summed E-state index contributed by atoms with van der Waals surface area (Å²) in [6, 6.07) is 16.3. The van der Waals surface area contributed by atoms with Crippen LogP contribution in [0, 0.1) is 0 Å². The van der Waals surface area contributed by atoms with E-state index in [1.54, 1.807) is 7.11 Å². The Kier molecular flexibility index (Phi) is 7.02. The second kappa shape index (κ2) is 9.23. The number of hydrogen-bond donors (Lipinski definition) is 2. The Morgan fingerprint density at radius 2 is 1.84 bits per heavy atom. The molecular weight excluding hydrogens is 312 g/mol. The Morgan fingerprint density at radius 1 is 1.12 bits per heavy atom. The lowest BCUT2D eigenvalue weighted by Crippen LogP contribution is -2.30. The second-order valence-electron chi connectivity index (χ2n) is 6.29. The van der Waals surface area contributed by atoms with E-state index in [0.717, 1.165) is 17.9 Å². The zero-order valence-electron chi connectivity index (χ0n) is 15.5. The summed E-state index contributed by atoms with van der Waals surface area (Å²) in [6.45, 7) is 7.69. The van der Waals surface area contributed by atoms with Gasteiger partial charge in [0, 0.05) is 24.7 Å². The standard InChI is InChI=1S/C21H28N2O2/c1-5-22-21(24)19-8-6-7-17(13-19)14-23-16(3)15(2)18-9-11-20(25-4)12-10-18/h6-13,15-16,23H,5,14H2,1-4H3,(H,22,24)/t15-,16-/m1/s1. The van der Waals surface area contributed by atoms with E-state index in [1.165, 1.54) is 5.56 Å². The van der Waals surface area contributed by atoms with Gasteiger partial charge in [0.05, 0.1) is 7.11 Å². The van der Waals surface area contributed by atoms with Crippen molar-refractivity contribution in [3.05, 3.63) is 65.2 Å². The van der Waals surface area contributed by atoms with Crippen LogP contribution in [0.15, 0.2) is 48.5 Å². The van der Waals surface area contributed by atoms with Gasteiger partial charge >= 0.3 is 0 Å². The topological polar surface area (TPSA) is 50.4 Å². The average molecular weight is 340 g/mol. The van der Waals surface area contributed by atoms with Crippen molar-refractivity contribution in [2.24, 2.45) is 0 Å². The maximum absolute atomic E-state index is 11.9. The summed E-state index contributed by atoms with van der Waals surface area (Å²) >= 11 is 0. The van der Waals surface area contributed by atoms with Crippen molar-refractivity contribution < 1.29 is 9.53 Å². The number of methoxy groups -OCH3 is 1. The molecule has 0 aliphatic rings. The monoisotopic (exact) mass is 340 g/mol. The van der Waals surface area contributed by atoms with Gasteiger partial charge in [-0.15, -0.1) is 0 Å². The minimum atomic E-state index is -0.0241. The number of benzene rings is 2. The van der Waals surface area contributed by atoms with Crippen molar-refractivity contribution in [1.82, 2.24) is 10.6 Å². The highest BCUT2D eigenvalue weighted by Crippen LogP contribution is 2.22. The highest BCUT2D eigenvalue weighted by Gasteiger charge is 2.14. The second-order valence-corrected chi connectivity index (χ2v) is 6.29. The molecule has 0 aliphatic carbocycles. The van der Waals surface area contributed by atoms with Crippen LogP contribution in [0.1, 0.15) is 48.2 Å². The van der Waals surface area contributed by atoms with E-state index >= 15 is 0 Å². The van der Waals surface area contributed by atoms with E-state index in [0.29, 0.717) is 24.1 Å². The molecule has 4 heteroatoms. The number of ether oxygens (including phenoxy) is 1. The maximum atomic E-state index is 11.9. The third-order valence-corrected chi connectivity index (χ3v) is 4.55. The van der Waals surface area contributed by atoms with Crippen LogP contribution in [0.5, 0.6) is 5.75 Å². The molecule has 2 aromatic rings. The first kappa shape index (κ1) is 19.0. The van der Waals surface area contributed by atoms with E-state index in [4.69, 9.17) is 4.74 Å². The van der Waals surface area contributed by atoms with Crippen molar-refractivity contribution in [2.75, 3.05) is 13.7 Å². The Bertz CT molecular complexity index is 683. The van der Waals surface area contributed by atoms with Gasteiger partial charge in [-0.1, -0.05) is 31.2 Å². The summed E-state index contributed by atoms with van der Waals surface area (Å²) in [5, 5.41) is 6.39. The lowest BCUT2D eigenvalue weighted by molar-refractivity contribution is 0.0955. The van der Waals surface area contributed by atoms with Gasteiger partial charge in [-0.2, -0.15) is 0 Å². The average Bonchev–Trinajstić information content (AvgIpc) is 2.66. The summed E-state index contributed by atoms with van der Waals surface area (Å²) in [5.41, 5.74) is 3.09. The zero-order valence-corrected chi connectivity index (χ0v) is 15.5. The Morgan fingerprint density at radius 3 is 2.48 bits per heavy atom. The summed E-state index contributed by atoms with van der Waals surface area (Å²) in [5.74, 6) is 1.22. The number of nitrogens with one attached hydrogen (secondary N) is 2. The summed E-state index contributed by atoms with van der Waals surface area (Å²) in [6.07, 6.45) is 0. The van der Waals surface area contributed by atoms with E-state index in [2.05, 4.69) is 36.6 Å². The molecule has 0 spiro atoms. The van der Waals surface area contributed by atoms with Gasteiger partial charge in [0.1, 0.15) is 5.75 Å². The molecule has 4 nitrogen and oxygen atoms in total. The van der Waals surface area contributed by atoms with Crippen LogP contribution in [0.25, 0.3) is 0 Å². The van der Waals surface area contributed by atoms with Gasteiger partial charge < -0.3 is 15.4 Å². The zero-order chi connectivity index (χ0) is 18.2. The Labute approximate surface area is 150 Å². The van der Waals surface area contributed by atoms with E-state index in [1.807, 2.05) is 43.3 Å². The molecule has 0 radical (unpaired) electrons. The van der Waals surface area contributed by atoms with Gasteiger partial charge in [0.15, 0.2) is 0 Å². The lowest BCUT2D eigenvalue weighted by atomic mass is 9.94. The number of amides is 1. The number of carbonyl (C=O) groups is 1. The highest BCUT2D eigenvalue weighted by atomic mass is 16.5. The molecule has 134 valence electrons. The predicted octanol–water partition coefficient (Wildman–Crippen LogP) is 3.73. The molecule has 0 fully saturated rings. The molecular formula is C21H28N2O2. The molecule has 1 amide bonds. The number of carbonyl (C=O) groups excluding carboxylic acids is 1. The molecule has 0 unspecified atom stereocenters. The molecule has 2 rings (SSSR count). The molecule has 25 heavy (non-hydrogen) atoms. The summed E-state index contributed by atoms with van der Waals surface area (Å²) in [4.78, 5) is 11.9. The number of hydrogen-bond acceptors (Lipinski definition) is 3. The predicted molar refractivity (Wildman–Crippen MR) is 102 cm³/mol. The van der Waals surface area contributed by atoms with Crippen LogP contribution in [-0.4, -0.2) is 25.6 Å². The summed E-state index contributed by atoms with van der Waals surface area (Å²) < 4.78 is 5.21. The van der Waals surface area contributed by atoms with Crippen LogP contribution in [0.3, 0.4) is 0 Å². The molecule has 0 aliphatic heterocycles. The largest absolute Gasteiger partial charge is 0.497 e. The minimum Gasteiger partial charge on any atom is -0.497 e. The van der Waals surface area contributed by atoms with Crippen LogP contribution < -0.4 is 15.4 Å². The first-order chi connectivity index (χ1) is 12.0. The Hall–Kier alpha value is -2.33. The molecule has 2 N–H and O–H groups in total. The van der Waals surface area contributed by atoms with Crippen LogP contribution in [0.2, 0.25) is 0 Å². The molecule has 0 heterocycles. The van der Waals surface area contributed by atoms with Crippen molar-refractivity contribution >= 4 is 5.91 Å². The fraction of sp³-hybridized carbons (Fsp3) is 0.381. The van der Waals surface area contributed by atoms with Crippen LogP contribution >= 0.6 is 0 Å². The Balaban J connectivity index is 1.95.